The summed E-state index contributed by atoms with van der Waals surface area (Å²) in [5.41, 5.74) is 8.79. The molecular formula is C19H21FN2O2. The van der Waals surface area contributed by atoms with Gasteiger partial charge in [-0.3, -0.25) is 4.79 Å². The molecular weight excluding hydrogens is 307 g/mol. The third kappa shape index (κ3) is 3.35. The largest absolute Gasteiger partial charge is 0.485 e. The van der Waals surface area contributed by atoms with Crippen molar-refractivity contribution in [1.82, 2.24) is 4.90 Å². The van der Waals surface area contributed by atoms with E-state index >= 15 is 0 Å². The van der Waals surface area contributed by atoms with Crippen LogP contribution in [0.15, 0.2) is 42.5 Å². The zero-order chi connectivity index (χ0) is 17.3. The minimum Gasteiger partial charge on any atom is -0.485 e. The number of hydrogen-bond acceptors (Lipinski definition) is 3. The number of carbonyl (C=O) groups excluding carboxylic acids is 1. The summed E-state index contributed by atoms with van der Waals surface area (Å²) in [5.74, 6) is 0.362. The van der Waals surface area contributed by atoms with Crippen molar-refractivity contribution in [2.24, 2.45) is 0 Å². The molecule has 2 aromatic carbocycles. The van der Waals surface area contributed by atoms with Crippen LogP contribution in [0.2, 0.25) is 0 Å². The second kappa shape index (κ2) is 6.51. The van der Waals surface area contributed by atoms with E-state index in [1.807, 2.05) is 32.0 Å². The maximum atomic E-state index is 14.3. The van der Waals surface area contributed by atoms with Crippen molar-refractivity contribution in [2.45, 2.75) is 26.1 Å². The smallest absolute Gasteiger partial charge is 0.254 e. The van der Waals surface area contributed by atoms with Gasteiger partial charge < -0.3 is 15.4 Å². The molecule has 5 heteroatoms. The molecule has 0 bridgehead atoms. The highest BCUT2D eigenvalue weighted by Crippen LogP contribution is 2.24. The number of likely N-dealkylation sites (tertiary alicyclic amines) is 1. The van der Waals surface area contributed by atoms with Crippen LogP contribution in [-0.4, -0.2) is 36.2 Å². The lowest BCUT2D eigenvalue weighted by molar-refractivity contribution is 0.0771. The van der Waals surface area contributed by atoms with Crippen LogP contribution in [0.25, 0.3) is 0 Å². The fourth-order valence-corrected chi connectivity index (χ4v) is 2.91. The Hall–Kier alpha value is -2.56. The Balaban J connectivity index is 1.73. The van der Waals surface area contributed by atoms with Crippen LogP contribution in [0.4, 0.5) is 10.1 Å². The Morgan fingerprint density at radius 2 is 2.00 bits per heavy atom. The Labute approximate surface area is 141 Å². The molecule has 0 spiro atoms. The molecule has 1 saturated heterocycles. The zero-order valence-corrected chi connectivity index (χ0v) is 13.8. The lowest BCUT2D eigenvalue weighted by Crippen LogP contribution is -2.31. The Morgan fingerprint density at radius 3 is 2.75 bits per heavy atom. The quantitative estimate of drug-likeness (QED) is 0.881. The van der Waals surface area contributed by atoms with Crippen LogP contribution in [-0.2, 0) is 0 Å². The highest BCUT2D eigenvalue weighted by atomic mass is 19.1. The molecule has 1 aliphatic heterocycles. The summed E-state index contributed by atoms with van der Waals surface area (Å²) < 4.78 is 20.0. The molecule has 1 aliphatic rings. The van der Waals surface area contributed by atoms with E-state index in [1.165, 1.54) is 4.90 Å². The molecule has 0 unspecified atom stereocenters. The molecule has 2 N–H and O–H groups in total. The van der Waals surface area contributed by atoms with Gasteiger partial charge in [0.25, 0.3) is 5.91 Å². The van der Waals surface area contributed by atoms with E-state index in [-0.39, 0.29) is 19.0 Å². The minimum atomic E-state index is -1.22. The van der Waals surface area contributed by atoms with Gasteiger partial charge in [0.05, 0.1) is 13.1 Å². The lowest BCUT2D eigenvalue weighted by Gasteiger charge is -2.18. The van der Waals surface area contributed by atoms with Crippen molar-refractivity contribution in [3.05, 3.63) is 59.2 Å². The second-order valence-corrected chi connectivity index (χ2v) is 6.27. The Morgan fingerprint density at radius 1 is 1.21 bits per heavy atom. The van der Waals surface area contributed by atoms with Crippen LogP contribution >= 0.6 is 0 Å². The molecule has 4 nitrogen and oxygen atoms in total. The van der Waals surface area contributed by atoms with E-state index in [0.29, 0.717) is 17.0 Å². The number of halogens is 1. The maximum Gasteiger partial charge on any atom is 0.254 e. The molecule has 2 atom stereocenters. The summed E-state index contributed by atoms with van der Waals surface area (Å²) in [6.07, 6.45) is -1.90. The van der Waals surface area contributed by atoms with E-state index in [1.54, 1.807) is 24.3 Å². The summed E-state index contributed by atoms with van der Waals surface area (Å²) in [7, 11) is 0. The first-order valence-corrected chi connectivity index (χ1v) is 7.97. The summed E-state index contributed by atoms with van der Waals surface area (Å²) in [4.78, 5) is 14.2. The van der Waals surface area contributed by atoms with Gasteiger partial charge in [0.15, 0.2) is 6.17 Å². The van der Waals surface area contributed by atoms with Gasteiger partial charge in [-0.25, -0.2) is 4.39 Å². The van der Waals surface area contributed by atoms with Gasteiger partial charge in [-0.05, 0) is 37.6 Å². The fraction of sp³-hybridized carbons (Fsp3) is 0.316. The maximum absolute atomic E-state index is 14.3. The van der Waals surface area contributed by atoms with Gasteiger partial charge in [-0.2, -0.15) is 0 Å². The molecule has 3 rings (SSSR count). The van der Waals surface area contributed by atoms with Gasteiger partial charge in [0.2, 0.25) is 0 Å². The SMILES string of the molecule is Cc1ccc(C)c(C(=O)N2C[C@@H](F)[C@H](Oc3cccc(N)c3)C2)c1. The molecule has 0 saturated carbocycles. The van der Waals surface area contributed by atoms with Crippen molar-refractivity contribution in [2.75, 3.05) is 18.8 Å². The van der Waals surface area contributed by atoms with Gasteiger partial charge >= 0.3 is 0 Å². The number of carbonyl (C=O) groups is 1. The third-order valence-electron chi connectivity index (χ3n) is 4.25. The third-order valence-corrected chi connectivity index (χ3v) is 4.25. The number of rotatable bonds is 3. The number of anilines is 1. The van der Waals surface area contributed by atoms with E-state index in [2.05, 4.69) is 0 Å². The molecule has 126 valence electrons. The first kappa shape index (κ1) is 16.3. The standard InChI is InChI=1S/C19H21FN2O2/c1-12-6-7-13(2)16(8-12)19(23)22-10-17(20)18(11-22)24-15-5-3-4-14(21)9-15/h3-9,17-18H,10-11,21H2,1-2H3/t17-,18-/m1/s1. The fourth-order valence-electron chi connectivity index (χ4n) is 2.91. The van der Waals surface area contributed by atoms with Crippen molar-refractivity contribution >= 4 is 11.6 Å². The van der Waals surface area contributed by atoms with E-state index in [4.69, 9.17) is 10.5 Å². The van der Waals surface area contributed by atoms with Crippen LogP contribution in [0.1, 0.15) is 21.5 Å². The predicted molar refractivity (Wildman–Crippen MR) is 92.0 cm³/mol. The summed E-state index contributed by atoms with van der Waals surface area (Å²) in [5, 5.41) is 0. The number of aryl methyl sites for hydroxylation is 2. The van der Waals surface area contributed by atoms with Crippen molar-refractivity contribution in [1.29, 1.82) is 0 Å². The number of nitrogens with two attached hydrogens (primary N) is 1. The Kier molecular flexibility index (Phi) is 4.42. The number of nitrogen functional groups attached to an aromatic ring is 1. The van der Waals surface area contributed by atoms with Crippen molar-refractivity contribution < 1.29 is 13.9 Å². The van der Waals surface area contributed by atoms with Crippen molar-refractivity contribution in [3.63, 3.8) is 0 Å². The molecule has 0 radical (unpaired) electrons. The minimum absolute atomic E-state index is 0.0409. The number of nitrogens with zero attached hydrogens (tertiary/aromatic N) is 1. The molecule has 1 heterocycles. The van der Waals surface area contributed by atoms with E-state index in [0.717, 1.165) is 11.1 Å². The van der Waals surface area contributed by atoms with Gasteiger partial charge in [-0.1, -0.05) is 23.8 Å². The molecule has 24 heavy (non-hydrogen) atoms. The number of hydrogen-bond donors (Lipinski definition) is 1. The van der Waals surface area contributed by atoms with Crippen LogP contribution in [0.5, 0.6) is 5.75 Å². The average molecular weight is 328 g/mol. The van der Waals surface area contributed by atoms with Crippen LogP contribution < -0.4 is 10.5 Å². The van der Waals surface area contributed by atoms with Crippen LogP contribution in [0.3, 0.4) is 0 Å². The molecule has 1 amide bonds. The second-order valence-electron chi connectivity index (χ2n) is 6.27. The topological polar surface area (TPSA) is 55.6 Å². The van der Waals surface area contributed by atoms with Gasteiger partial charge in [-0.15, -0.1) is 0 Å². The summed E-state index contributed by atoms with van der Waals surface area (Å²) in [6, 6.07) is 12.6. The normalized spacial score (nSPS) is 20.2. The highest BCUT2D eigenvalue weighted by Gasteiger charge is 2.37. The highest BCUT2D eigenvalue weighted by molar-refractivity contribution is 5.96. The van der Waals surface area contributed by atoms with Gasteiger partial charge in [0, 0.05) is 17.3 Å². The first-order valence-electron chi connectivity index (χ1n) is 7.97. The lowest BCUT2D eigenvalue weighted by atomic mass is 10.0. The molecule has 0 aliphatic carbocycles. The predicted octanol–water partition coefficient (Wildman–Crippen LogP) is 3.13. The monoisotopic (exact) mass is 328 g/mol. The number of alkyl halides is 1. The molecule has 1 fully saturated rings. The summed E-state index contributed by atoms with van der Waals surface area (Å²) in [6.45, 7) is 4.08. The van der Waals surface area contributed by atoms with E-state index in [9.17, 15) is 9.18 Å². The molecule has 2 aromatic rings. The Bertz CT molecular complexity index is 763. The number of benzene rings is 2. The molecule has 0 aromatic heterocycles. The van der Waals surface area contributed by atoms with Gasteiger partial charge in [0.1, 0.15) is 11.9 Å². The van der Waals surface area contributed by atoms with E-state index < -0.39 is 12.3 Å². The van der Waals surface area contributed by atoms with Crippen LogP contribution in [0, 0.1) is 13.8 Å². The number of amides is 1. The zero-order valence-electron chi connectivity index (χ0n) is 13.8. The number of ether oxygens (including phenoxy) is 1. The summed E-state index contributed by atoms with van der Waals surface area (Å²) >= 11 is 0. The first-order chi connectivity index (χ1) is 11.4. The average Bonchev–Trinajstić information content (AvgIpc) is 2.90. The van der Waals surface area contributed by atoms with Crippen molar-refractivity contribution in [3.8, 4) is 5.75 Å².